The van der Waals surface area contributed by atoms with Crippen molar-refractivity contribution < 1.29 is 23.7 Å². The third-order valence-electron chi connectivity index (χ3n) is 4.80. The Hall–Kier alpha value is -2.19. The summed E-state index contributed by atoms with van der Waals surface area (Å²) in [4.78, 5) is 2.17. The van der Waals surface area contributed by atoms with Crippen molar-refractivity contribution in [1.29, 1.82) is 0 Å². The van der Waals surface area contributed by atoms with Crippen LogP contribution in [-0.2, 0) is 17.8 Å². The van der Waals surface area contributed by atoms with E-state index in [-0.39, 0.29) is 12.4 Å². The summed E-state index contributed by atoms with van der Waals surface area (Å²) in [5, 5.41) is 13.6. The van der Waals surface area contributed by atoms with E-state index in [1.807, 2.05) is 18.2 Å². The lowest BCUT2D eigenvalue weighted by atomic mass is 10.2. The lowest BCUT2D eigenvalue weighted by Gasteiger charge is -2.28. The summed E-state index contributed by atoms with van der Waals surface area (Å²) in [5.41, 5.74) is 2.07. The molecular formula is C22H29FN2O4. The number of hydrogen-bond donors (Lipinski definition) is 2. The highest BCUT2D eigenvalue weighted by molar-refractivity contribution is 5.43. The van der Waals surface area contributed by atoms with Crippen molar-refractivity contribution in [3.05, 3.63) is 59.4 Å². The smallest absolute Gasteiger partial charge is 0.161 e. The van der Waals surface area contributed by atoms with Crippen molar-refractivity contribution in [2.45, 2.75) is 19.2 Å². The number of nitrogens with zero attached hydrogens (tertiary/aromatic N) is 1. The van der Waals surface area contributed by atoms with Crippen molar-refractivity contribution in [3.63, 3.8) is 0 Å². The van der Waals surface area contributed by atoms with E-state index in [2.05, 4.69) is 10.2 Å². The van der Waals surface area contributed by atoms with Crippen LogP contribution in [0.5, 0.6) is 11.5 Å². The molecule has 2 aromatic rings. The quantitative estimate of drug-likeness (QED) is 0.633. The highest BCUT2D eigenvalue weighted by Crippen LogP contribution is 2.28. The average Bonchev–Trinajstić information content (AvgIpc) is 2.75. The Bertz CT molecular complexity index is 751. The number of aliphatic hydroxyl groups is 1. The molecule has 1 heterocycles. The standard InChI is InChI=1S/C22H29FN2O4/c1-27-22-12-18(14-24-13-17-2-5-19(23)6-3-17)4-7-21(22)29-16-20(26)15-25-8-10-28-11-9-25/h2-7,12,20,24,26H,8-11,13-16H2,1H3/t20-/m1/s1. The summed E-state index contributed by atoms with van der Waals surface area (Å²) >= 11 is 0. The van der Waals surface area contributed by atoms with E-state index >= 15 is 0 Å². The van der Waals surface area contributed by atoms with E-state index in [9.17, 15) is 9.50 Å². The van der Waals surface area contributed by atoms with Gasteiger partial charge in [0.15, 0.2) is 11.5 Å². The fourth-order valence-electron chi connectivity index (χ4n) is 3.22. The van der Waals surface area contributed by atoms with Gasteiger partial charge in [0.25, 0.3) is 0 Å². The number of halogens is 1. The summed E-state index contributed by atoms with van der Waals surface area (Å²) in [6.45, 7) is 5.14. The molecule has 0 unspecified atom stereocenters. The zero-order valence-electron chi connectivity index (χ0n) is 16.8. The number of morpholine rings is 1. The topological polar surface area (TPSA) is 63.2 Å². The van der Waals surface area contributed by atoms with E-state index in [0.717, 1.165) is 24.2 Å². The number of methoxy groups -OCH3 is 1. The number of ether oxygens (including phenoxy) is 3. The first-order valence-corrected chi connectivity index (χ1v) is 9.87. The van der Waals surface area contributed by atoms with Crippen LogP contribution in [0.3, 0.4) is 0 Å². The molecule has 1 fully saturated rings. The maximum absolute atomic E-state index is 13.0. The van der Waals surface area contributed by atoms with Crippen LogP contribution < -0.4 is 14.8 Å². The minimum Gasteiger partial charge on any atom is -0.493 e. The van der Waals surface area contributed by atoms with Crippen LogP contribution >= 0.6 is 0 Å². The Morgan fingerprint density at radius 2 is 1.76 bits per heavy atom. The molecule has 1 atom stereocenters. The van der Waals surface area contributed by atoms with Gasteiger partial charge in [-0.05, 0) is 35.4 Å². The SMILES string of the molecule is COc1cc(CNCc2ccc(F)cc2)ccc1OC[C@H](O)CN1CCOCC1. The van der Waals surface area contributed by atoms with Gasteiger partial charge in [0, 0.05) is 32.7 Å². The second-order valence-electron chi connectivity index (χ2n) is 7.09. The molecule has 1 aliphatic heterocycles. The normalized spacial score (nSPS) is 15.8. The molecule has 2 N–H and O–H groups in total. The molecule has 0 amide bonds. The van der Waals surface area contributed by atoms with Crippen molar-refractivity contribution in [2.24, 2.45) is 0 Å². The maximum Gasteiger partial charge on any atom is 0.161 e. The van der Waals surface area contributed by atoms with Crippen LogP contribution in [0.15, 0.2) is 42.5 Å². The summed E-state index contributed by atoms with van der Waals surface area (Å²) < 4.78 is 29.5. The Morgan fingerprint density at radius 3 is 2.48 bits per heavy atom. The number of nitrogens with one attached hydrogen (secondary N) is 1. The number of rotatable bonds is 10. The fourth-order valence-corrected chi connectivity index (χ4v) is 3.22. The molecule has 7 heteroatoms. The minimum absolute atomic E-state index is 0.204. The highest BCUT2D eigenvalue weighted by Gasteiger charge is 2.16. The molecular weight excluding hydrogens is 375 g/mol. The lowest BCUT2D eigenvalue weighted by molar-refractivity contribution is 0.00445. The predicted molar refractivity (Wildman–Crippen MR) is 109 cm³/mol. The summed E-state index contributed by atoms with van der Waals surface area (Å²) in [5.74, 6) is 1.00. The Labute approximate surface area is 171 Å². The third kappa shape index (κ3) is 6.97. The minimum atomic E-state index is -0.574. The second kappa shape index (κ2) is 11.1. The van der Waals surface area contributed by atoms with Gasteiger partial charge in [0.2, 0.25) is 0 Å². The molecule has 2 aromatic carbocycles. The predicted octanol–water partition coefficient (Wildman–Crippen LogP) is 2.20. The summed E-state index contributed by atoms with van der Waals surface area (Å²) in [7, 11) is 1.60. The van der Waals surface area contributed by atoms with Gasteiger partial charge in [-0.2, -0.15) is 0 Å². The van der Waals surface area contributed by atoms with E-state index in [0.29, 0.717) is 44.3 Å². The zero-order valence-corrected chi connectivity index (χ0v) is 16.8. The molecule has 158 valence electrons. The van der Waals surface area contributed by atoms with Crippen LogP contribution in [0.4, 0.5) is 4.39 Å². The molecule has 6 nitrogen and oxygen atoms in total. The van der Waals surface area contributed by atoms with Crippen molar-refractivity contribution in [2.75, 3.05) is 46.6 Å². The van der Waals surface area contributed by atoms with E-state index in [1.165, 1.54) is 12.1 Å². The number of hydrogen-bond acceptors (Lipinski definition) is 6. The molecule has 0 aromatic heterocycles. The Kier molecular flexibility index (Phi) is 8.25. The van der Waals surface area contributed by atoms with Gasteiger partial charge in [-0.3, -0.25) is 4.90 Å². The van der Waals surface area contributed by atoms with Gasteiger partial charge in [0.05, 0.1) is 20.3 Å². The first-order chi connectivity index (χ1) is 14.1. The molecule has 0 radical (unpaired) electrons. The van der Waals surface area contributed by atoms with Crippen LogP contribution in [0.25, 0.3) is 0 Å². The Balaban J connectivity index is 1.46. The van der Waals surface area contributed by atoms with Crippen molar-refractivity contribution in [1.82, 2.24) is 10.2 Å². The van der Waals surface area contributed by atoms with Crippen LogP contribution in [0.2, 0.25) is 0 Å². The van der Waals surface area contributed by atoms with Gasteiger partial charge in [-0.1, -0.05) is 18.2 Å². The largest absolute Gasteiger partial charge is 0.493 e. The first-order valence-electron chi connectivity index (χ1n) is 9.87. The first kappa shape index (κ1) is 21.5. The van der Waals surface area contributed by atoms with Gasteiger partial charge in [-0.25, -0.2) is 4.39 Å². The number of β-amino-alcohol motifs (C(OH)–C–C–N with tert-alkyl or cyclic N) is 1. The second-order valence-corrected chi connectivity index (χ2v) is 7.09. The third-order valence-corrected chi connectivity index (χ3v) is 4.80. The molecule has 0 aliphatic carbocycles. The highest BCUT2D eigenvalue weighted by atomic mass is 19.1. The van der Waals surface area contributed by atoms with E-state index < -0.39 is 6.10 Å². The van der Waals surface area contributed by atoms with Crippen LogP contribution in [-0.4, -0.2) is 62.7 Å². The summed E-state index contributed by atoms with van der Waals surface area (Å²) in [6.07, 6.45) is -0.574. The molecule has 0 saturated carbocycles. The average molecular weight is 404 g/mol. The van der Waals surface area contributed by atoms with E-state index in [1.54, 1.807) is 19.2 Å². The van der Waals surface area contributed by atoms with Crippen LogP contribution in [0, 0.1) is 5.82 Å². The Morgan fingerprint density at radius 1 is 1.07 bits per heavy atom. The van der Waals surface area contributed by atoms with Gasteiger partial charge < -0.3 is 24.6 Å². The molecule has 1 saturated heterocycles. The van der Waals surface area contributed by atoms with Crippen LogP contribution in [0.1, 0.15) is 11.1 Å². The number of benzene rings is 2. The maximum atomic E-state index is 13.0. The molecule has 0 bridgehead atoms. The molecule has 3 rings (SSSR count). The van der Waals surface area contributed by atoms with Gasteiger partial charge in [-0.15, -0.1) is 0 Å². The molecule has 0 spiro atoms. The summed E-state index contributed by atoms with van der Waals surface area (Å²) in [6, 6.07) is 12.2. The fraction of sp³-hybridized carbons (Fsp3) is 0.455. The van der Waals surface area contributed by atoms with Gasteiger partial charge in [0.1, 0.15) is 18.5 Å². The zero-order chi connectivity index (χ0) is 20.5. The van der Waals surface area contributed by atoms with Crippen molar-refractivity contribution >= 4 is 0 Å². The monoisotopic (exact) mass is 404 g/mol. The van der Waals surface area contributed by atoms with E-state index in [4.69, 9.17) is 14.2 Å². The van der Waals surface area contributed by atoms with Crippen molar-refractivity contribution in [3.8, 4) is 11.5 Å². The lowest BCUT2D eigenvalue weighted by Crippen LogP contribution is -2.42. The van der Waals surface area contributed by atoms with Gasteiger partial charge >= 0.3 is 0 Å². The number of aliphatic hydroxyl groups excluding tert-OH is 1. The molecule has 29 heavy (non-hydrogen) atoms. The molecule has 1 aliphatic rings.